The highest BCUT2D eigenvalue weighted by Gasteiger charge is 2.38. The SMILES string of the molecule is CC1C[C@H](NC(=O)Cn2nc(C(N)=O)c3ccccc32)C(=O)N1Cc1cccc(Cl)c1F. The second-order valence-electron chi connectivity index (χ2n) is 7.77. The number of nitrogens with zero attached hydrogens (tertiary/aromatic N) is 3. The van der Waals surface area contributed by atoms with E-state index in [-0.39, 0.29) is 35.8 Å². The van der Waals surface area contributed by atoms with Gasteiger partial charge in [-0.25, -0.2) is 4.39 Å². The van der Waals surface area contributed by atoms with Crippen molar-refractivity contribution >= 4 is 40.2 Å². The van der Waals surface area contributed by atoms with E-state index in [1.54, 1.807) is 36.4 Å². The number of nitrogens with two attached hydrogens (primary N) is 1. The number of aromatic nitrogens is 2. The van der Waals surface area contributed by atoms with Crippen molar-refractivity contribution in [2.75, 3.05) is 0 Å². The molecule has 3 N–H and O–H groups in total. The zero-order chi connectivity index (χ0) is 23.0. The molecule has 2 aromatic carbocycles. The third kappa shape index (κ3) is 4.03. The molecule has 32 heavy (non-hydrogen) atoms. The third-order valence-corrected chi connectivity index (χ3v) is 5.87. The molecule has 8 nitrogen and oxygen atoms in total. The maximum absolute atomic E-state index is 14.3. The van der Waals surface area contributed by atoms with Gasteiger partial charge < -0.3 is 16.0 Å². The molecule has 0 bridgehead atoms. The number of carbonyl (C=O) groups is 3. The summed E-state index contributed by atoms with van der Waals surface area (Å²) in [6.45, 7) is 1.71. The van der Waals surface area contributed by atoms with Crippen LogP contribution in [0.25, 0.3) is 10.9 Å². The van der Waals surface area contributed by atoms with Crippen LogP contribution in [-0.4, -0.2) is 44.5 Å². The molecule has 0 radical (unpaired) electrons. The molecule has 1 unspecified atom stereocenters. The van der Waals surface area contributed by atoms with E-state index in [1.165, 1.54) is 15.6 Å². The van der Waals surface area contributed by atoms with Crippen molar-refractivity contribution in [3.8, 4) is 0 Å². The molecule has 1 aromatic heterocycles. The summed E-state index contributed by atoms with van der Waals surface area (Å²) in [7, 11) is 0. The number of benzene rings is 2. The summed E-state index contributed by atoms with van der Waals surface area (Å²) < 4.78 is 15.6. The van der Waals surface area contributed by atoms with Gasteiger partial charge in [0, 0.05) is 23.5 Å². The molecular weight excluding hydrogens is 437 g/mol. The summed E-state index contributed by atoms with van der Waals surface area (Å²) in [5, 5.41) is 7.43. The standard InChI is InChI=1S/C22H21ClFN5O3/c1-12-9-16(22(32)28(12)10-13-5-4-7-15(23)19(13)24)26-18(30)11-29-17-8-3-2-6-14(17)20(27-29)21(25)31/h2-8,12,16H,9-11H2,1H3,(H2,25,31)(H,26,30)/t12?,16-/m0/s1. The van der Waals surface area contributed by atoms with Gasteiger partial charge in [0.25, 0.3) is 5.91 Å². The fraction of sp³-hybridized carbons (Fsp3) is 0.273. The Balaban J connectivity index is 1.46. The number of para-hydroxylation sites is 1. The first-order chi connectivity index (χ1) is 15.3. The Morgan fingerprint density at radius 3 is 2.75 bits per heavy atom. The number of fused-ring (bicyclic) bond motifs is 1. The Hall–Kier alpha value is -3.46. The van der Waals surface area contributed by atoms with E-state index in [0.29, 0.717) is 22.9 Å². The van der Waals surface area contributed by atoms with Gasteiger partial charge in [-0.3, -0.25) is 19.1 Å². The molecule has 2 heterocycles. The monoisotopic (exact) mass is 457 g/mol. The van der Waals surface area contributed by atoms with Crippen molar-refractivity contribution in [1.82, 2.24) is 20.0 Å². The van der Waals surface area contributed by atoms with E-state index in [2.05, 4.69) is 10.4 Å². The number of likely N-dealkylation sites (tertiary alicyclic amines) is 1. The van der Waals surface area contributed by atoms with Gasteiger partial charge in [-0.05, 0) is 25.5 Å². The average molecular weight is 458 g/mol. The Morgan fingerprint density at radius 2 is 2.00 bits per heavy atom. The van der Waals surface area contributed by atoms with Crippen molar-refractivity contribution in [3.05, 3.63) is 64.6 Å². The number of halogens is 2. The van der Waals surface area contributed by atoms with Gasteiger partial charge in [-0.2, -0.15) is 5.10 Å². The van der Waals surface area contributed by atoms with Crippen LogP contribution >= 0.6 is 11.6 Å². The zero-order valence-electron chi connectivity index (χ0n) is 17.2. The number of nitrogens with one attached hydrogen (secondary N) is 1. The number of hydrogen-bond donors (Lipinski definition) is 2. The minimum Gasteiger partial charge on any atom is -0.364 e. The normalized spacial score (nSPS) is 18.3. The fourth-order valence-electron chi connectivity index (χ4n) is 4.00. The summed E-state index contributed by atoms with van der Waals surface area (Å²) >= 11 is 5.84. The maximum atomic E-state index is 14.3. The first-order valence-corrected chi connectivity index (χ1v) is 10.4. The van der Waals surface area contributed by atoms with Crippen LogP contribution in [-0.2, 0) is 22.7 Å². The summed E-state index contributed by atoms with van der Waals surface area (Å²) in [4.78, 5) is 38.7. The van der Waals surface area contributed by atoms with Gasteiger partial charge in [0.15, 0.2) is 5.69 Å². The minimum atomic E-state index is -0.739. The molecule has 1 saturated heterocycles. The number of carbonyl (C=O) groups excluding carboxylic acids is 3. The van der Waals surface area contributed by atoms with Crippen LogP contribution in [0.1, 0.15) is 29.4 Å². The molecule has 1 aliphatic rings. The van der Waals surface area contributed by atoms with Crippen LogP contribution in [0.15, 0.2) is 42.5 Å². The van der Waals surface area contributed by atoms with Crippen LogP contribution in [0.5, 0.6) is 0 Å². The van der Waals surface area contributed by atoms with E-state index in [1.807, 2.05) is 6.92 Å². The molecule has 0 aliphatic carbocycles. The predicted octanol–water partition coefficient (Wildman–Crippen LogP) is 2.23. The van der Waals surface area contributed by atoms with E-state index in [4.69, 9.17) is 17.3 Å². The summed E-state index contributed by atoms with van der Waals surface area (Å²) in [6, 6.07) is 10.6. The second kappa shape index (κ2) is 8.58. The molecule has 166 valence electrons. The molecular formula is C22H21ClFN5O3. The zero-order valence-corrected chi connectivity index (χ0v) is 18.0. The minimum absolute atomic E-state index is 0.00608. The molecule has 0 saturated carbocycles. The van der Waals surface area contributed by atoms with E-state index in [0.717, 1.165) is 0 Å². The van der Waals surface area contributed by atoms with Gasteiger partial charge in [-0.1, -0.05) is 41.9 Å². The van der Waals surface area contributed by atoms with Crippen molar-refractivity contribution in [2.24, 2.45) is 5.73 Å². The lowest BCUT2D eigenvalue weighted by Gasteiger charge is -2.22. The van der Waals surface area contributed by atoms with Crippen LogP contribution < -0.4 is 11.1 Å². The largest absolute Gasteiger partial charge is 0.364 e. The lowest BCUT2D eigenvalue weighted by atomic mass is 10.1. The molecule has 1 fully saturated rings. The smallest absolute Gasteiger partial charge is 0.269 e. The number of primary amides is 1. The van der Waals surface area contributed by atoms with Crippen molar-refractivity contribution in [3.63, 3.8) is 0 Å². The summed E-state index contributed by atoms with van der Waals surface area (Å²) in [5.41, 5.74) is 6.36. The van der Waals surface area contributed by atoms with Crippen molar-refractivity contribution < 1.29 is 18.8 Å². The molecule has 3 amide bonds. The molecule has 0 spiro atoms. The van der Waals surface area contributed by atoms with Crippen LogP contribution in [0.4, 0.5) is 4.39 Å². The number of hydrogen-bond acceptors (Lipinski definition) is 4. The first kappa shape index (κ1) is 21.8. The lowest BCUT2D eigenvalue weighted by molar-refractivity contribution is -0.134. The number of rotatable bonds is 6. The second-order valence-corrected chi connectivity index (χ2v) is 8.18. The third-order valence-electron chi connectivity index (χ3n) is 5.58. The predicted molar refractivity (Wildman–Crippen MR) is 116 cm³/mol. The van der Waals surface area contributed by atoms with Crippen LogP contribution in [0.3, 0.4) is 0 Å². The maximum Gasteiger partial charge on any atom is 0.269 e. The van der Waals surface area contributed by atoms with Gasteiger partial charge in [0.1, 0.15) is 18.4 Å². The molecule has 4 rings (SSSR count). The Labute approximate surface area is 188 Å². The summed E-state index contributed by atoms with van der Waals surface area (Å²) in [5.74, 6) is -1.98. The topological polar surface area (TPSA) is 110 Å². The lowest BCUT2D eigenvalue weighted by Crippen LogP contribution is -2.43. The van der Waals surface area contributed by atoms with E-state index in [9.17, 15) is 18.8 Å². The average Bonchev–Trinajstić information content (AvgIpc) is 3.24. The molecule has 10 heteroatoms. The highest BCUT2D eigenvalue weighted by molar-refractivity contribution is 6.30. The van der Waals surface area contributed by atoms with Crippen LogP contribution in [0, 0.1) is 5.82 Å². The highest BCUT2D eigenvalue weighted by Crippen LogP contribution is 2.25. The van der Waals surface area contributed by atoms with Crippen molar-refractivity contribution in [1.29, 1.82) is 0 Å². The quantitative estimate of drug-likeness (QED) is 0.591. The van der Waals surface area contributed by atoms with Gasteiger partial charge in [0.05, 0.1) is 10.5 Å². The Kier molecular flexibility index (Phi) is 5.84. The number of amides is 3. The van der Waals surface area contributed by atoms with Gasteiger partial charge >= 0.3 is 0 Å². The highest BCUT2D eigenvalue weighted by atomic mass is 35.5. The van der Waals surface area contributed by atoms with Crippen molar-refractivity contribution in [2.45, 2.75) is 38.5 Å². The first-order valence-electron chi connectivity index (χ1n) is 10.0. The van der Waals surface area contributed by atoms with Gasteiger partial charge in [-0.15, -0.1) is 0 Å². The molecule has 1 aliphatic heterocycles. The molecule has 2 atom stereocenters. The Morgan fingerprint density at radius 1 is 1.25 bits per heavy atom. The van der Waals surface area contributed by atoms with Gasteiger partial charge in [0.2, 0.25) is 11.8 Å². The van der Waals surface area contributed by atoms with E-state index >= 15 is 0 Å². The summed E-state index contributed by atoms with van der Waals surface area (Å²) in [6.07, 6.45) is 0.388. The van der Waals surface area contributed by atoms with Crippen LogP contribution in [0.2, 0.25) is 5.02 Å². The van der Waals surface area contributed by atoms with E-state index < -0.39 is 23.7 Å². The Bertz CT molecular complexity index is 1230. The fourth-order valence-corrected chi connectivity index (χ4v) is 4.20. The molecule has 3 aromatic rings.